The van der Waals surface area contributed by atoms with E-state index in [4.69, 9.17) is 26.8 Å². The molecule has 0 radical (unpaired) electrons. The molecular weight excluding hydrogens is 490 g/mol. The average molecular weight is 520 g/mol. The minimum atomic E-state index is -0.816. The fraction of sp³-hybridized carbons (Fsp3) is 0.310. The Bertz CT molecular complexity index is 1300. The summed E-state index contributed by atoms with van der Waals surface area (Å²) in [6, 6.07) is 17.0. The van der Waals surface area contributed by atoms with E-state index in [-0.39, 0.29) is 6.61 Å². The van der Waals surface area contributed by atoms with Crippen molar-refractivity contribution in [3.8, 4) is 11.5 Å². The highest BCUT2D eigenvalue weighted by atomic mass is 35.5. The third-order valence-electron chi connectivity index (χ3n) is 7.03. The topological polar surface area (TPSA) is 97.9 Å². The summed E-state index contributed by atoms with van der Waals surface area (Å²) in [6.45, 7) is 2.67. The van der Waals surface area contributed by atoms with Crippen molar-refractivity contribution < 1.29 is 19.4 Å². The molecule has 37 heavy (non-hydrogen) atoms. The van der Waals surface area contributed by atoms with Crippen LogP contribution in [0.5, 0.6) is 11.5 Å². The van der Waals surface area contributed by atoms with Crippen LogP contribution in [0.25, 0.3) is 5.57 Å². The molecule has 0 aliphatic carbocycles. The number of fused-ring (bicyclic) bond motifs is 2. The number of aliphatic hydroxyl groups is 1. The van der Waals surface area contributed by atoms with Crippen molar-refractivity contribution in [1.82, 2.24) is 9.88 Å². The molecule has 2 aliphatic heterocycles. The molecule has 0 atom stereocenters. The molecule has 3 heterocycles. The first kappa shape index (κ1) is 25.3. The molecule has 192 valence electrons. The molecule has 8 heteroatoms. The minimum Gasteiger partial charge on any atom is -0.487 e. The number of ether oxygens (including phenoxy) is 2. The van der Waals surface area contributed by atoms with E-state index in [1.807, 2.05) is 42.5 Å². The first-order chi connectivity index (χ1) is 17.9. The van der Waals surface area contributed by atoms with E-state index in [1.54, 1.807) is 12.3 Å². The van der Waals surface area contributed by atoms with Gasteiger partial charge in [-0.15, -0.1) is 0 Å². The van der Waals surface area contributed by atoms with Crippen molar-refractivity contribution in [1.29, 1.82) is 0 Å². The highest BCUT2D eigenvalue weighted by Crippen LogP contribution is 2.39. The highest BCUT2D eigenvalue weighted by Gasteiger charge is 2.33. The molecule has 7 nitrogen and oxygen atoms in total. The molecule has 1 amide bonds. The van der Waals surface area contributed by atoms with Gasteiger partial charge in [-0.05, 0) is 66.8 Å². The Morgan fingerprint density at radius 2 is 1.95 bits per heavy atom. The molecule has 1 aromatic heterocycles. The van der Waals surface area contributed by atoms with Gasteiger partial charge in [0.25, 0.3) is 5.91 Å². The van der Waals surface area contributed by atoms with Gasteiger partial charge in [0, 0.05) is 42.0 Å². The SMILES string of the molecule is NC(=O)COc1ccc2c(c1)C(=CCCN1CCC(O)(c3ccc(Cl)cc3)CC1)c1cccnc1CO2. The second kappa shape index (κ2) is 10.9. The third-order valence-corrected chi connectivity index (χ3v) is 7.28. The third kappa shape index (κ3) is 5.80. The summed E-state index contributed by atoms with van der Waals surface area (Å²) in [4.78, 5) is 18.1. The number of benzene rings is 2. The van der Waals surface area contributed by atoms with Crippen molar-refractivity contribution >= 4 is 23.1 Å². The number of halogens is 1. The normalized spacial score (nSPS) is 17.8. The number of pyridine rings is 1. The van der Waals surface area contributed by atoms with E-state index in [0.29, 0.717) is 30.2 Å². The first-order valence-corrected chi connectivity index (χ1v) is 12.8. The van der Waals surface area contributed by atoms with Crippen molar-refractivity contribution in [2.24, 2.45) is 5.73 Å². The quantitative estimate of drug-likeness (QED) is 0.483. The van der Waals surface area contributed by atoms with Crippen molar-refractivity contribution in [3.05, 3.63) is 94.3 Å². The van der Waals surface area contributed by atoms with Gasteiger partial charge in [-0.25, -0.2) is 0 Å². The maximum atomic E-state index is 11.2. The van der Waals surface area contributed by atoms with Crippen molar-refractivity contribution in [3.63, 3.8) is 0 Å². The number of carbonyl (C=O) groups is 1. The number of piperidine rings is 1. The fourth-order valence-corrected chi connectivity index (χ4v) is 5.11. The number of aromatic nitrogens is 1. The number of hydrogen-bond acceptors (Lipinski definition) is 6. The lowest BCUT2D eigenvalue weighted by atomic mass is 9.84. The predicted octanol–water partition coefficient (Wildman–Crippen LogP) is 4.30. The Balaban J connectivity index is 1.32. The summed E-state index contributed by atoms with van der Waals surface area (Å²) in [5, 5.41) is 11.9. The molecule has 1 saturated heterocycles. The van der Waals surface area contributed by atoms with Gasteiger partial charge in [0.05, 0.1) is 11.3 Å². The first-order valence-electron chi connectivity index (χ1n) is 12.4. The molecule has 3 aromatic rings. The Morgan fingerprint density at radius 3 is 2.70 bits per heavy atom. The van der Waals surface area contributed by atoms with Crippen molar-refractivity contribution in [2.45, 2.75) is 31.5 Å². The number of nitrogens with zero attached hydrogens (tertiary/aromatic N) is 2. The number of nitrogens with two attached hydrogens (primary N) is 1. The number of rotatable bonds is 7. The predicted molar refractivity (Wildman–Crippen MR) is 142 cm³/mol. The van der Waals surface area contributed by atoms with Gasteiger partial charge in [-0.3, -0.25) is 9.78 Å². The van der Waals surface area contributed by atoms with Gasteiger partial charge < -0.3 is 25.2 Å². The number of amides is 1. The molecule has 0 spiro atoms. The van der Waals surface area contributed by atoms with Crippen LogP contribution in [0.15, 0.2) is 66.9 Å². The lowest BCUT2D eigenvalue weighted by Crippen LogP contribution is -2.42. The lowest BCUT2D eigenvalue weighted by molar-refractivity contribution is -0.119. The zero-order valence-electron chi connectivity index (χ0n) is 20.5. The van der Waals surface area contributed by atoms with Gasteiger partial charge in [-0.1, -0.05) is 35.9 Å². The minimum absolute atomic E-state index is 0.186. The van der Waals surface area contributed by atoms with E-state index < -0.39 is 11.5 Å². The number of likely N-dealkylation sites (tertiary alicyclic amines) is 1. The second-order valence-electron chi connectivity index (χ2n) is 9.49. The van der Waals surface area contributed by atoms with E-state index >= 15 is 0 Å². The average Bonchev–Trinajstić information content (AvgIpc) is 3.06. The van der Waals surface area contributed by atoms with E-state index in [9.17, 15) is 9.90 Å². The highest BCUT2D eigenvalue weighted by molar-refractivity contribution is 6.30. The Morgan fingerprint density at radius 1 is 1.16 bits per heavy atom. The van der Waals surface area contributed by atoms with Crippen LogP contribution in [-0.2, 0) is 17.0 Å². The molecular formula is C29H30ClN3O4. The molecule has 5 rings (SSSR count). The summed E-state index contributed by atoms with van der Waals surface area (Å²) >= 11 is 6.02. The van der Waals surface area contributed by atoms with Gasteiger partial charge >= 0.3 is 0 Å². The Labute approximate surface area is 221 Å². The largest absolute Gasteiger partial charge is 0.487 e. The van der Waals surface area contributed by atoms with Crippen LogP contribution in [0.4, 0.5) is 0 Å². The number of primary amides is 1. The van der Waals surface area contributed by atoms with Crippen molar-refractivity contribution in [2.75, 3.05) is 26.2 Å². The molecule has 0 bridgehead atoms. The maximum absolute atomic E-state index is 11.2. The van der Waals surface area contributed by atoms with Gasteiger partial charge in [0.1, 0.15) is 18.1 Å². The van der Waals surface area contributed by atoms with Crippen LogP contribution in [0.2, 0.25) is 5.02 Å². The smallest absolute Gasteiger partial charge is 0.255 e. The standard InChI is InChI=1S/C29H30ClN3O4/c30-21-7-5-20(6-8-21)29(35)11-15-33(16-12-29)14-2-4-23-24-3-1-13-32-26(24)18-37-27-10-9-22(17-25(23)27)36-19-28(31)34/h1,3-10,13,17,35H,2,11-12,14-16,18-19H2,(H2,31,34). The van der Waals surface area contributed by atoms with Crippen LogP contribution in [0, 0.1) is 0 Å². The number of hydrogen-bond donors (Lipinski definition) is 2. The van der Waals surface area contributed by atoms with E-state index in [0.717, 1.165) is 59.8 Å². The van der Waals surface area contributed by atoms with Crippen LogP contribution in [0.3, 0.4) is 0 Å². The van der Waals surface area contributed by atoms with Gasteiger partial charge in [0.2, 0.25) is 0 Å². The molecule has 2 aromatic carbocycles. The van der Waals surface area contributed by atoms with Gasteiger partial charge in [0.15, 0.2) is 6.61 Å². The fourth-order valence-electron chi connectivity index (χ4n) is 4.99. The zero-order valence-corrected chi connectivity index (χ0v) is 21.3. The maximum Gasteiger partial charge on any atom is 0.255 e. The summed E-state index contributed by atoms with van der Waals surface area (Å²) in [7, 11) is 0. The van der Waals surface area contributed by atoms with E-state index in [1.165, 1.54) is 0 Å². The summed E-state index contributed by atoms with van der Waals surface area (Å²) < 4.78 is 11.6. The molecule has 3 N–H and O–H groups in total. The van der Waals surface area contributed by atoms with Crippen LogP contribution in [-0.4, -0.2) is 47.1 Å². The van der Waals surface area contributed by atoms with E-state index in [2.05, 4.69) is 22.0 Å². The Hall–Kier alpha value is -3.39. The summed E-state index contributed by atoms with van der Waals surface area (Å²) in [5.41, 5.74) is 9.16. The Kier molecular flexibility index (Phi) is 7.46. The molecule has 1 fully saturated rings. The summed E-state index contributed by atoms with van der Waals surface area (Å²) in [6.07, 6.45) is 6.15. The number of carbonyl (C=O) groups excluding carboxylic acids is 1. The van der Waals surface area contributed by atoms with Crippen LogP contribution in [0.1, 0.15) is 41.6 Å². The summed E-state index contributed by atoms with van der Waals surface area (Å²) in [5.74, 6) is 0.763. The molecule has 2 aliphatic rings. The molecule has 0 unspecified atom stereocenters. The monoisotopic (exact) mass is 519 g/mol. The van der Waals surface area contributed by atoms with Crippen LogP contribution >= 0.6 is 11.6 Å². The van der Waals surface area contributed by atoms with Gasteiger partial charge in [-0.2, -0.15) is 0 Å². The van der Waals surface area contributed by atoms with Crippen LogP contribution < -0.4 is 15.2 Å². The lowest BCUT2D eigenvalue weighted by Gasteiger charge is -2.38. The zero-order chi connectivity index (χ0) is 25.8. The second-order valence-corrected chi connectivity index (χ2v) is 9.92. The molecule has 0 saturated carbocycles.